The summed E-state index contributed by atoms with van der Waals surface area (Å²) in [4.78, 5) is 75.0. The fourth-order valence-electron chi connectivity index (χ4n) is 4.39. The molecule has 3 N–H and O–H groups in total. The summed E-state index contributed by atoms with van der Waals surface area (Å²) in [7, 11) is 1.53. The molecule has 0 saturated carbocycles. The maximum atomic E-state index is 12.9. The smallest absolute Gasteiger partial charge is 0.319 e. The number of hydrogen-bond acceptors (Lipinski definition) is 7. The van der Waals surface area contributed by atoms with Gasteiger partial charge in [0, 0.05) is 24.5 Å². The van der Waals surface area contributed by atoms with Crippen LogP contribution in [0.5, 0.6) is 0 Å². The van der Waals surface area contributed by atoms with Crippen molar-refractivity contribution < 1.29 is 24.0 Å². The van der Waals surface area contributed by atoms with E-state index in [-0.39, 0.29) is 41.8 Å². The average molecular weight is 488 g/mol. The molecule has 1 saturated heterocycles. The molecule has 0 bridgehead atoms. The minimum atomic E-state index is -1.07. The summed E-state index contributed by atoms with van der Waals surface area (Å²) in [5, 5.41) is 12.8. The lowest BCUT2D eigenvalue weighted by atomic mass is 10.0. The molecule has 1 aromatic heterocycles. The van der Waals surface area contributed by atoms with Crippen LogP contribution in [0.25, 0.3) is 10.8 Å². The summed E-state index contributed by atoms with van der Waals surface area (Å²) in [6.07, 6.45) is 0.0773. The van der Waals surface area contributed by atoms with Gasteiger partial charge in [-0.05, 0) is 30.7 Å². The summed E-state index contributed by atoms with van der Waals surface area (Å²) in [6, 6.07) is 9.52. The molecule has 12 nitrogen and oxygen atoms in total. The van der Waals surface area contributed by atoms with Gasteiger partial charge in [-0.2, -0.15) is 5.10 Å². The van der Waals surface area contributed by atoms with Crippen LogP contribution in [0.2, 0.25) is 0 Å². The van der Waals surface area contributed by atoms with Gasteiger partial charge in [-0.25, -0.2) is 9.48 Å². The molecule has 2 aliphatic heterocycles. The Morgan fingerprint density at radius 3 is 2.50 bits per heavy atom. The largest absolute Gasteiger partial charge is 0.332 e. The molecule has 36 heavy (non-hydrogen) atoms. The zero-order valence-electron chi connectivity index (χ0n) is 19.0. The van der Waals surface area contributed by atoms with Crippen molar-refractivity contribution in [2.75, 3.05) is 5.32 Å². The molecular weight excluding hydrogens is 468 g/mol. The molecule has 2 aliphatic rings. The van der Waals surface area contributed by atoms with Crippen LogP contribution in [0, 0.1) is 0 Å². The van der Waals surface area contributed by atoms with Gasteiger partial charge in [0.15, 0.2) is 0 Å². The third-order valence-electron chi connectivity index (χ3n) is 6.15. The highest BCUT2D eigenvalue weighted by Crippen LogP contribution is 2.29. The van der Waals surface area contributed by atoms with Crippen molar-refractivity contribution in [3.8, 4) is 0 Å². The summed E-state index contributed by atoms with van der Waals surface area (Å²) in [5.74, 6) is -2.45. The van der Waals surface area contributed by atoms with Gasteiger partial charge in [-0.3, -0.25) is 34.2 Å². The first-order valence-corrected chi connectivity index (χ1v) is 11.1. The zero-order valence-corrected chi connectivity index (χ0v) is 19.0. The Bertz CT molecular complexity index is 1540. The minimum Gasteiger partial charge on any atom is -0.332 e. The van der Waals surface area contributed by atoms with Crippen LogP contribution in [0.1, 0.15) is 39.3 Å². The second kappa shape index (κ2) is 8.73. The number of amides is 6. The molecule has 3 heterocycles. The van der Waals surface area contributed by atoms with Gasteiger partial charge in [0.1, 0.15) is 6.04 Å². The quantitative estimate of drug-likeness (QED) is 0.455. The second-order valence-corrected chi connectivity index (χ2v) is 8.44. The molecule has 3 aromatic rings. The predicted molar refractivity (Wildman–Crippen MR) is 126 cm³/mol. The molecule has 6 amide bonds. The van der Waals surface area contributed by atoms with Crippen LogP contribution >= 0.6 is 0 Å². The lowest BCUT2D eigenvalue weighted by Gasteiger charge is -2.27. The zero-order chi connectivity index (χ0) is 25.6. The minimum absolute atomic E-state index is 0.0243. The average Bonchev–Trinajstić information content (AvgIpc) is 3.10. The van der Waals surface area contributed by atoms with E-state index in [4.69, 9.17) is 0 Å². The van der Waals surface area contributed by atoms with E-state index in [0.717, 1.165) is 4.90 Å². The van der Waals surface area contributed by atoms with E-state index in [1.54, 1.807) is 24.3 Å². The Morgan fingerprint density at radius 2 is 1.75 bits per heavy atom. The van der Waals surface area contributed by atoms with E-state index in [9.17, 15) is 28.8 Å². The van der Waals surface area contributed by atoms with Gasteiger partial charge in [0.2, 0.25) is 11.8 Å². The molecule has 12 heteroatoms. The molecule has 2 aromatic carbocycles. The summed E-state index contributed by atoms with van der Waals surface area (Å²) in [6.45, 7) is 0.0338. The van der Waals surface area contributed by atoms with E-state index >= 15 is 0 Å². The highest BCUT2D eigenvalue weighted by Gasteiger charge is 2.44. The Hall–Kier alpha value is -4.87. The van der Waals surface area contributed by atoms with Gasteiger partial charge < -0.3 is 10.6 Å². The van der Waals surface area contributed by atoms with Gasteiger partial charge in [0.25, 0.3) is 17.4 Å². The molecule has 0 spiro atoms. The third-order valence-corrected chi connectivity index (χ3v) is 6.15. The van der Waals surface area contributed by atoms with Crippen molar-refractivity contribution in [1.29, 1.82) is 0 Å². The van der Waals surface area contributed by atoms with Crippen LogP contribution < -0.4 is 21.5 Å². The predicted octanol–water partition coefficient (Wildman–Crippen LogP) is 0.656. The number of anilines is 1. The van der Waals surface area contributed by atoms with Crippen LogP contribution in [0.3, 0.4) is 0 Å². The Kier molecular flexibility index (Phi) is 5.55. The second-order valence-electron chi connectivity index (χ2n) is 8.44. The van der Waals surface area contributed by atoms with Gasteiger partial charge in [-0.1, -0.05) is 18.2 Å². The highest BCUT2D eigenvalue weighted by molar-refractivity contribution is 6.23. The van der Waals surface area contributed by atoms with Crippen molar-refractivity contribution in [1.82, 2.24) is 25.3 Å². The standard InChI is InChI=1S/C24H20N6O6/c1-29-21(33)14-5-3-2-4-13(14)17(28-29)11-25-24(36)26-12-6-7-15-16(10-12)23(35)30(22(15)34)18-8-9-19(31)27-20(18)32/h2-7,10,18H,8-9,11H2,1H3,(H2,25,26,36)(H,27,31,32). The van der Waals surface area contributed by atoms with Crippen LogP contribution in [0.4, 0.5) is 10.5 Å². The third kappa shape index (κ3) is 3.87. The normalized spacial score (nSPS) is 17.2. The van der Waals surface area contributed by atoms with E-state index < -0.39 is 35.7 Å². The van der Waals surface area contributed by atoms with Gasteiger partial charge in [0.05, 0.1) is 28.8 Å². The number of benzene rings is 2. The number of aromatic nitrogens is 2. The molecule has 182 valence electrons. The first-order chi connectivity index (χ1) is 17.2. The molecule has 0 radical (unpaired) electrons. The van der Waals surface area contributed by atoms with E-state index in [0.29, 0.717) is 16.5 Å². The molecular formula is C24H20N6O6. The monoisotopic (exact) mass is 488 g/mol. The number of hydrogen-bond donors (Lipinski definition) is 3. The van der Waals surface area contributed by atoms with E-state index in [1.807, 2.05) is 0 Å². The van der Waals surface area contributed by atoms with Gasteiger partial charge >= 0.3 is 6.03 Å². The van der Waals surface area contributed by atoms with Crippen molar-refractivity contribution >= 4 is 46.1 Å². The SMILES string of the molecule is Cn1nc(CNC(=O)Nc2ccc3c(c2)C(=O)N(C2CCC(=O)NC2=O)C3=O)c2ccccc2c1=O. The van der Waals surface area contributed by atoms with Crippen molar-refractivity contribution in [3.63, 3.8) is 0 Å². The Labute approximate surface area is 203 Å². The number of carbonyl (C=O) groups is 5. The van der Waals surface area contributed by atoms with Crippen molar-refractivity contribution in [2.45, 2.75) is 25.4 Å². The number of urea groups is 1. The van der Waals surface area contributed by atoms with Crippen LogP contribution in [0.15, 0.2) is 47.3 Å². The summed E-state index contributed by atoms with van der Waals surface area (Å²) in [5.41, 5.74) is 0.667. The number of carbonyl (C=O) groups excluding carboxylic acids is 5. The molecule has 1 unspecified atom stereocenters. The number of fused-ring (bicyclic) bond motifs is 2. The molecule has 1 atom stereocenters. The Balaban J connectivity index is 1.30. The van der Waals surface area contributed by atoms with Crippen molar-refractivity contribution in [3.05, 3.63) is 69.6 Å². The van der Waals surface area contributed by atoms with E-state index in [1.165, 1.54) is 29.9 Å². The van der Waals surface area contributed by atoms with E-state index in [2.05, 4.69) is 21.0 Å². The fraction of sp³-hybridized carbons (Fsp3) is 0.208. The summed E-state index contributed by atoms with van der Waals surface area (Å²) >= 11 is 0. The number of imide groups is 2. The first-order valence-electron chi connectivity index (χ1n) is 11.1. The number of nitrogens with one attached hydrogen (secondary N) is 3. The summed E-state index contributed by atoms with van der Waals surface area (Å²) < 4.78 is 1.20. The Morgan fingerprint density at radius 1 is 1.03 bits per heavy atom. The number of nitrogens with zero attached hydrogens (tertiary/aromatic N) is 3. The maximum Gasteiger partial charge on any atom is 0.319 e. The number of rotatable bonds is 4. The van der Waals surface area contributed by atoms with Crippen molar-refractivity contribution in [2.24, 2.45) is 7.05 Å². The van der Waals surface area contributed by atoms with Crippen LogP contribution in [-0.2, 0) is 23.2 Å². The molecule has 5 rings (SSSR count). The number of piperidine rings is 1. The molecule has 1 fully saturated rings. The lowest BCUT2D eigenvalue weighted by Crippen LogP contribution is -2.54. The topological polar surface area (TPSA) is 160 Å². The first kappa shape index (κ1) is 22.9. The van der Waals surface area contributed by atoms with Gasteiger partial charge in [-0.15, -0.1) is 0 Å². The lowest BCUT2D eigenvalue weighted by molar-refractivity contribution is -0.136. The molecule has 0 aliphatic carbocycles. The number of aryl methyl sites for hydroxylation is 1. The highest BCUT2D eigenvalue weighted by atomic mass is 16.2. The maximum absolute atomic E-state index is 12.9. The fourth-order valence-corrected chi connectivity index (χ4v) is 4.39. The van der Waals surface area contributed by atoms with Crippen LogP contribution in [-0.4, -0.2) is 50.4 Å².